The van der Waals surface area contributed by atoms with E-state index in [0.29, 0.717) is 6.04 Å². The lowest BCUT2D eigenvalue weighted by molar-refractivity contribution is -0.140. The van der Waals surface area contributed by atoms with Crippen molar-refractivity contribution in [2.24, 2.45) is 5.41 Å². The van der Waals surface area contributed by atoms with Crippen molar-refractivity contribution in [3.8, 4) is 5.75 Å². The van der Waals surface area contributed by atoms with Crippen molar-refractivity contribution in [3.63, 3.8) is 0 Å². The zero-order valence-corrected chi connectivity index (χ0v) is 19.6. The third-order valence-electron chi connectivity index (χ3n) is 6.69. The number of anilines is 1. The van der Waals surface area contributed by atoms with Crippen molar-refractivity contribution in [1.82, 2.24) is 9.88 Å². The van der Waals surface area contributed by atoms with Gasteiger partial charge in [-0.15, -0.1) is 0 Å². The monoisotopic (exact) mass is 447 g/mol. The summed E-state index contributed by atoms with van der Waals surface area (Å²) in [5.74, 6) is 0.0308. The Morgan fingerprint density at radius 3 is 2.88 bits per heavy atom. The number of carboxylic acids is 1. The van der Waals surface area contributed by atoms with E-state index in [9.17, 15) is 9.90 Å². The number of nitrogens with zero attached hydrogens (tertiary/aromatic N) is 2. The number of hydrogen-bond acceptors (Lipinski definition) is 5. The van der Waals surface area contributed by atoms with Gasteiger partial charge in [0.15, 0.2) is 0 Å². The van der Waals surface area contributed by atoms with Crippen molar-refractivity contribution < 1.29 is 14.6 Å². The molecule has 1 aromatic heterocycles. The Kier molecular flexibility index (Phi) is 6.84. The highest BCUT2D eigenvalue weighted by atomic mass is 16.5. The van der Waals surface area contributed by atoms with Crippen LogP contribution in [-0.4, -0.2) is 46.2 Å². The molecule has 6 heteroatoms. The molecule has 1 fully saturated rings. The van der Waals surface area contributed by atoms with E-state index < -0.39 is 11.4 Å². The van der Waals surface area contributed by atoms with Crippen molar-refractivity contribution in [3.05, 3.63) is 66.5 Å². The third kappa shape index (κ3) is 5.63. The molecule has 1 aliphatic heterocycles. The van der Waals surface area contributed by atoms with Crippen LogP contribution in [0.3, 0.4) is 0 Å². The molecule has 0 bridgehead atoms. The van der Waals surface area contributed by atoms with Crippen LogP contribution in [0.4, 0.5) is 5.69 Å². The molecule has 4 rings (SSSR count). The topological polar surface area (TPSA) is 74.7 Å². The maximum Gasteiger partial charge on any atom is 0.304 e. The van der Waals surface area contributed by atoms with Gasteiger partial charge in [-0.2, -0.15) is 0 Å². The quantitative estimate of drug-likeness (QED) is 0.470. The number of para-hydroxylation sites is 1. The third-order valence-corrected chi connectivity index (χ3v) is 6.69. The van der Waals surface area contributed by atoms with Crippen LogP contribution in [0.15, 0.2) is 60.9 Å². The second kappa shape index (κ2) is 9.79. The molecule has 1 unspecified atom stereocenters. The second-order valence-electron chi connectivity index (χ2n) is 9.69. The lowest BCUT2D eigenvalue weighted by atomic mass is 9.84. The van der Waals surface area contributed by atoms with Gasteiger partial charge in [-0.3, -0.25) is 14.7 Å². The second-order valence-corrected chi connectivity index (χ2v) is 9.69. The molecule has 0 saturated carbocycles. The summed E-state index contributed by atoms with van der Waals surface area (Å²) in [5.41, 5.74) is 1.82. The number of benzene rings is 2. The summed E-state index contributed by atoms with van der Waals surface area (Å²) in [6, 6.07) is 16.8. The molecule has 1 saturated heterocycles. The van der Waals surface area contributed by atoms with E-state index in [1.807, 2.05) is 51.4 Å². The zero-order valence-electron chi connectivity index (χ0n) is 19.6. The number of carbonyl (C=O) groups is 1. The minimum absolute atomic E-state index is 0.0695. The Morgan fingerprint density at radius 2 is 2.06 bits per heavy atom. The number of rotatable bonds is 9. The Balaban J connectivity index is 1.40. The number of ether oxygens (including phenoxy) is 1. The highest BCUT2D eigenvalue weighted by Crippen LogP contribution is 2.32. The van der Waals surface area contributed by atoms with E-state index in [0.717, 1.165) is 48.4 Å². The van der Waals surface area contributed by atoms with Gasteiger partial charge in [-0.1, -0.05) is 44.2 Å². The molecule has 3 aromatic rings. The lowest BCUT2D eigenvalue weighted by Crippen LogP contribution is -2.34. The summed E-state index contributed by atoms with van der Waals surface area (Å²) in [6.07, 6.45) is 4.66. The SMILES string of the molecule is CC(Oc1ccccc1CN1CC[C@@H](Nc2cccc3cnccc23)C1)C(C)(C)CC(=O)O. The fraction of sp³-hybridized carbons (Fsp3) is 0.407. The highest BCUT2D eigenvalue weighted by molar-refractivity contribution is 5.93. The predicted octanol–water partition coefficient (Wildman–Crippen LogP) is 5.19. The van der Waals surface area contributed by atoms with Gasteiger partial charge in [0.05, 0.1) is 6.42 Å². The smallest absolute Gasteiger partial charge is 0.304 e. The van der Waals surface area contributed by atoms with Gasteiger partial charge in [-0.05, 0) is 31.5 Å². The molecule has 0 aliphatic carbocycles. The fourth-order valence-electron chi connectivity index (χ4n) is 4.44. The van der Waals surface area contributed by atoms with Crippen LogP contribution < -0.4 is 10.1 Å². The van der Waals surface area contributed by atoms with Crippen molar-refractivity contribution in [1.29, 1.82) is 0 Å². The van der Waals surface area contributed by atoms with Crippen LogP contribution in [0.2, 0.25) is 0 Å². The summed E-state index contributed by atoms with van der Waals surface area (Å²) in [4.78, 5) is 17.9. The summed E-state index contributed by atoms with van der Waals surface area (Å²) in [5, 5.41) is 15.3. The summed E-state index contributed by atoms with van der Waals surface area (Å²) in [6.45, 7) is 8.60. The van der Waals surface area contributed by atoms with Crippen molar-refractivity contribution >= 4 is 22.4 Å². The average Bonchev–Trinajstić information content (AvgIpc) is 3.21. The molecule has 0 amide bonds. The standard InChI is InChI=1S/C27H33N3O3/c1-19(27(2,3)15-26(31)32)33-25-10-5-4-7-21(25)17-30-14-12-22(18-30)29-24-9-6-8-20-16-28-13-11-23(20)24/h4-11,13,16,19,22,29H,12,14-15,17-18H2,1-3H3,(H,31,32)/t19?,22-/m1/s1. The van der Waals surface area contributed by atoms with Gasteiger partial charge < -0.3 is 15.2 Å². The van der Waals surface area contributed by atoms with Gasteiger partial charge >= 0.3 is 5.97 Å². The maximum atomic E-state index is 11.2. The first kappa shape index (κ1) is 23.1. The van der Waals surface area contributed by atoms with Gasteiger partial charge in [0.25, 0.3) is 0 Å². The van der Waals surface area contributed by atoms with Crippen LogP contribution in [0.25, 0.3) is 10.8 Å². The van der Waals surface area contributed by atoms with Crippen molar-refractivity contribution in [2.45, 2.75) is 52.3 Å². The van der Waals surface area contributed by atoms with E-state index in [1.54, 1.807) is 0 Å². The Bertz CT molecular complexity index is 1110. The number of hydrogen-bond donors (Lipinski definition) is 2. The molecule has 33 heavy (non-hydrogen) atoms. The van der Waals surface area contributed by atoms with Crippen LogP contribution in [0, 0.1) is 5.41 Å². The number of nitrogens with one attached hydrogen (secondary N) is 1. The molecule has 2 aromatic carbocycles. The molecule has 174 valence electrons. The van der Waals surface area contributed by atoms with Crippen molar-refractivity contribution in [2.75, 3.05) is 18.4 Å². The lowest BCUT2D eigenvalue weighted by Gasteiger charge is -2.31. The first-order valence-electron chi connectivity index (χ1n) is 11.6. The van der Waals surface area contributed by atoms with Crippen LogP contribution in [0.5, 0.6) is 5.75 Å². The minimum Gasteiger partial charge on any atom is -0.490 e. The Morgan fingerprint density at radius 1 is 1.24 bits per heavy atom. The Hall–Kier alpha value is -3.12. The summed E-state index contributed by atoms with van der Waals surface area (Å²) in [7, 11) is 0. The van der Waals surface area contributed by atoms with E-state index >= 15 is 0 Å². The summed E-state index contributed by atoms with van der Waals surface area (Å²) < 4.78 is 6.28. The molecule has 2 N–H and O–H groups in total. The van der Waals surface area contributed by atoms with Crippen LogP contribution in [0.1, 0.15) is 39.2 Å². The van der Waals surface area contributed by atoms with E-state index in [1.165, 1.54) is 5.39 Å². The number of likely N-dealkylation sites (tertiary alicyclic amines) is 1. The molecule has 0 radical (unpaired) electrons. The Labute approximate surface area is 195 Å². The predicted molar refractivity (Wildman–Crippen MR) is 132 cm³/mol. The van der Waals surface area contributed by atoms with E-state index in [-0.39, 0.29) is 12.5 Å². The van der Waals surface area contributed by atoms with Gasteiger partial charge in [0.1, 0.15) is 11.9 Å². The minimum atomic E-state index is -0.804. The number of fused-ring (bicyclic) bond motifs is 1. The van der Waals surface area contributed by atoms with Gasteiger partial charge in [0.2, 0.25) is 0 Å². The highest BCUT2D eigenvalue weighted by Gasteiger charge is 2.31. The first-order valence-corrected chi connectivity index (χ1v) is 11.6. The molecule has 0 spiro atoms. The van der Waals surface area contributed by atoms with Gasteiger partial charge in [0, 0.05) is 65.5 Å². The number of pyridine rings is 1. The average molecular weight is 448 g/mol. The van der Waals surface area contributed by atoms with E-state index in [4.69, 9.17) is 4.74 Å². The molecule has 1 aliphatic rings. The molecule has 2 atom stereocenters. The van der Waals surface area contributed by atoms with Crippen LogP contribution >= 0.6 is 0 Å². The number of aromatic nitrogens is 1. The molecule has 2 heterocycles. The molecular formula is C27H33N3O3. The van der Waals surface area contributed by atoms with E-state index in [2.05, 4.69) is 45.5 Å². The first-order chi connectivity index (χ1) is 15.8. The maximum absolute atomic E-state index is 11.2. The van der Waals surface area contributed by atoms with Crippen LogP contribution in [-0.2, 0) is 11.3 Å². The number of carboxylic acid groups (broad SMARTS) is 1. The van der Waals surface area contributed by atoms with Gasteiger partial charge in [-0.25, -0.2) is 0 Å². The fourth-order valence-corrected chi connectivity index (χ4v) is 4.44. The molecule has 6 nitrogen and oxygen atoms in total. The zero-order chi connectivity index (χ0) is 23.4. The normalized spacial score (nSPS) is 17.7. The molecular weight excluding hydrogens is 414 g/mol. The summed E-state index contributed by atoms with van der Waals surface area (Å²) >= 11 is 0. The number of aliphatic carboxylic acids is 1. The largest absolute Gasteiger partial charge is 0.490 e.